The summed E-state index contributed by atoms with van der Waals surface area (Å²) in [6, 6.07) is 5.32. The van der Waals surface area contributed by atoms with E-state index in [1.807, 2.05) is 0 Å². The van der Waals surface area contributed by atoms with Crippen molar-refractivity contribution >= 4 is 22.7 Å². The van der Waals surface area contributed by atoms with Crippen molar-refractivity contribution in [1.29, 1.82) is 0 Å². The second kappa shape index (κ2) is 7.04. The van der Waals surface area contributed by atoms with E-state index in [9.17, 15) is 14.4 Å². The molecular formula is C18H22N2O5. The van der Waals surface area contributed by atoms with Crippen LogP contribution in [0.1, 0.15) is 32.0 Å². The number of methoxy groups -OCH3 is 1. The highest BCUT2D eigenvalue weighted by molar-refractivity contribution is 5.89. The molecule has 2 rings (SSSR count). The van der Waals surface area contributed by atoms with E-state index in [0.29, 0.717) is 16.5 Å². The third kappa shape index (κ3) is 4.43. The predicted molar refractivity (Wildman–Crippen MR) is 92.3 cm³/mol. The minimum atomic E-state index is -0.622. The topological polar surface area (TPSA) is 87.5 Å². The van der Waals surface area contributed by atoms with Gasteiger partial charge in [0.05, 0.1) is 24.6 Å². The zero-order valence-corrected chi connectivity index (χ0v) is 15.1. The molecule has 0 spiro atoms. The maximum Gasteiger partial charge on any atom is 0.327 e. The second-order valence-corrected chi connectivity index (χ2v) is 6.75. The van der Waals surface area contributed by atoms with Gasteiger partial charge in [0.1, 0.15) is 12.1 Å². The van der Waals surface area contributed by atoms with Gasteiger partial charge in [-0.05, 0) is 33.3 Å². The number of aromatic nitrogens is 2. The van der Waals surface area contributed by atoms with E-state index < -0.39 is 23.1 Å². The molecule has 0 amide bonds. The Hall–Kier alpha value is -2.70. The number of esters is 2. The number of hydrogen-bond acceptors (Lipinski definition) is 6. The largest absolute Gasteiger partial charge is 0.468 e. The molecule has 0 aliphatic heterocycles. The molecule has 7 heteroatoms. The van der Waals surface area contributed by atoms with Gasteiger partial charge in [-0.2, -0.15) is 5.10 Å². The molecule has 2 aromatic rings. The third-order valence-corrected chi connectivity index (χ3v) is 3.51. The molecule has 7 nitrogen and oxygen atoms in total. The maximum absolute atomic E-state index is 12.6. The Labute approximate surface area is 145 Å². The van der Waals surface area contributed by atoms with Crippen LogP contribution in [0.5, 0.6) is 0 Å². The van der Waals surface area contributed by atoms with E-state index in [1.165, 1.54) is 7.11 Å². The van der Waals surface area contributed by atoms with E-state index in [0.717, 1.165) is 10.2 Å². The highest BCUT2D eigenvalue weighted by atomic mass is 16.6. The normalized spacial score (nSPS) is 11.4. The molecule has 0 fully saturated rings. The van der Waals surface area contributed by atoms with E-state index in [2.05, 4.69) is 9.84 Å². The quantitative estimate of drug-likeness (QED) is 0.784. The van der Waals surface area contributed by atoms with E-state index in [-0.39, 0.29) is 13.0 Å². The van der Waals surface area contributed by atoms with Crippen molar-refractivity contribution in [2.24, 2.45) is 0 Å². The van der Waals surface area contributed by atoms with Gasteiger partial charge in [0, 0.05) is 5.39 Å². The highest BCUT2D eigenvalue weighted by Gasteiger charge is 2.20. The summed E-state index contributed by atoms with van der Waals surface area (Å²) in [6.07, 6.45) is -0.0985. The number of rotatable bonds is 4. The van der Waals surface area contributed by atoms with E-state index in [1.54, 1.807) is 45.9 Å². The summed E-state index contributed by atoms with van der Waals surface area (Å²) < 4.78 is 11.0. The zero-order chi connectivity index (χ0) is 18.8. The first-order valence-electron chi connectivity index (χ1n) is 7.90. The molecule has 0 saturated carbocycles. The van der Waals surface area contributed by atoms with Gasteiger partial charge in [0.25, 0.3) is 5.56 Å². The summed E-state index contributed by atoms with van der Waals surface area (Å²) in [5.41, 5.74) is 0.111. The molecule has 0 aliphatic carbocycles. The van der Waals surface area contributed by atoms with Gasteiger partial charge in [-0.1, -0.05) is 18.2 Å². The first-order chi connectivity index (χ1) is 11.6. The number of nitrogens with zero attached hydrogens (tertiary/aromatic N) is 2. The average molecular weight is 346 g/mol. The number of aryl methyl sites for hydroxylation is 1. The van der Waals surface area contributed by atoms with Crippen LogP contribution in [0.2, 0.25) is 0 Å². The number of fused-ring (bicyclic) bond motifs is 1. The third-order valence-electron chi connectivity index (χ3n) is 3.51. The summed E-state index contributed by atoms with van der Waals surface area (Å²) in [5, 5.41) is 5.21. The molecule has 0 N–H and O–H groups in total. The van der Waals surface area contributed by atoms with Gasteiger partial charge >= 0.3 is 11.9 Å². The minimum absolute atomic E-state index is 0.0985. The van der Waals surface area contributed by atoms with E-state index >= 15 is 0 Å². The fourth-order valence-corrected chi connectivity index (χ4v) is 2.51. The fraction of sp³-hybridized carbons (Fsp3) is 0.444. The highest BCUT2D eigenvalue weighted by Crippen LogP contribution is 2.19. The van der Waals surface area contributed by atoms with Gasteiger partial charge in [0.2, 0.25) is 0 Å². The van der Waals surface area contributed by atoms with Crippen LogP contribution in [0.15, 0.2) is 23.0 Å². The Morgan fingerprint density at radius 2 is 1.88 bits per heavy atom. The molecule has 0 aliphatic rings. The summed E-state index contributed by atoms with van der Waals surface area (Å²) in [4.78, 5) is 36.4. The van der Waals surface area contributed by atoms with Crippen LogP contribution in [0, 0.1) is 6.92 Å². The van der Waals surface area contributed by atoms with Crippen molar-refractivity contribution in [3.05, 3.63) is 39.8 Å². The molecule has 0 atom stereocenters. The molecule has 1 heterocycles. The van der Waals surface area contributed by atoms with Crippen molar-refractivity contribution in [3.63, 3.8) is 0 Å². The van der Waals surface area contributed by atoms with Crippen LogP contribution in [0.25, 0.3) is 10.8 Å². The number of carbonyl (C=O) groups is 2. The lowest BCUT2D eigenvalue weighted by Gasteiger charge is -2.19. The number of carbonyl (C=O) groups excluding carboxylic acids is 2. The monoisotopic (exact) mass is 346 g/mol. The molecule has 0 saturated heterocycles. The van der Waals surface area contributed by atoms with Gasteiger partial charge in [0.15, 0.2) is 0 Å². The van der Waals surface area contributed by atoms with Crippen molar-refractivity contribution < 1.29 is 19.1 Å². The van der Waals surface area contributed by atoms with Crippen LogP contribution in [-0.4, -0.2) is 34.4 Å². The Bertz CT molecular complexity index is 877. The maximum atomic E-state index is 12.6. The summed E-state index contributed by atoms with van der Waals surface area (Å²) in [6.45, 7) is 6.81. The van der Waals surface area contributed by atoms with Crippen molar-refractivity contribution in [2.45, 2.75) is 46.3 Å². The second-order valence-electron chi connectivity index (χ2n) is 6.75. The molecule has 0 radical (unpaired) electrons. The van der Waals surface area contributed by atoms with Gasteiger partial charge in [-0.15, -0.1) is 0 Å². The van der Waals surface area contributed by atoms with Gasteiger partial charge in [-0.25, -0.2) is 4.68 Å². The lowest BCUT2D eigenvalue weighted by atomic mass is 10.0. The first-order valence-corrected chi connectivity index (χ1v) is 7.90. The molecule has 0 bridgehead atoms. The molecule has 134 valence electrons. The van der Waals surface area contributed by atoms with E-state index in [4.69, 9.17) is 4.74 Å². The van der Waals surface area contributed by atoms with Crippen LogP contribution in [0.3, 0.4) is 0 Å². The number of benzene rings is 1. The Morgan fingerprint density at radius 3 is 2.48 bits per heavy atom. The molecular weight excluding hydrogens is 324 g/mol. The Morgan fingerprint density at radius 1 is 1.20 bits per heavy atom. The predicted octanol–water partition coefficient (Wildman–Crippen LogP) is 1.76. The number of hydrogen-bond donors (Lipinski definition) is 0. The molecule has 1 aromatic heterocycles. The van der Waals surface area contributed by atoms with Crippen molar-refractivity contribution in [3.8, 4) is 0 Å². The Kier molecular flexibility index (Phi) is 5.25. The van der Waals surface area contributed by atoms with Gasteiger partial charge < -0.3 is 9.47 Å². The summed E-state index contributed by atoms with van der Waals surface area (Å²) in [5.74, 6) is -1.04. The minimum Gasteiger partial charge on any atom is -0.468 e. The average Bonchev–Trinajstić information content (AvgIpc) is 2.49. The molecule has 0 unspecified atom stereocenters. The van der Waals surface area contributed by atoms with Crippen molar-refractivity contribution in [1.82, 2.24) is 9.78 Å². The van der Waals surface area contributed by atoms with Crippen LogP contribution >= 0.6 is 0 Å². The van der Waals surface area contributed by atoms with Crippen LogP contribution in [0.4, 0.5) is 0 Å². The first kappa shape index (κ1) is 18.6. The zero-order valence-electron chi connectivity index (χ0n) is 15.1. The smallest absolute Gasteiger partial charge is 0.327 e. The van der Waals surface area contributed by atoms with Gasteiger partial charge in [-0.3, -0.25) is 14.4 Å². The summed E-state index contributed by atoms with van der Waals surface area (Å²) in [7, 11) is 1.24. The summed E-state index contributed by atoms with van der Waals surface area (Å²) >= 11 is 0. The van der Waals surface area contributed by atoms with Crippen LogP contribution < -0.4 is 5.56 Å². The molecule has 1 aromatic carbocycles. The lowest BCUT2D eigenvalue weighted by Crippen LogP contribution is -2.30. The van der Waals surface area contributed by atoms with Crippen molar-refractivity contribution in [2.75, 3.05) is 7.11 Å². The SMILES string of the molecule is COC(=O)Cn1nc(CC(=O)OC(C)(C)C)c2cccc(C)c2c1=O. The fourth-order valence-electron chi connectivity index (χ4n) is 2.51. The Balaban J connectivity index is 2.56. The molecule has 25 heavy (non-hydrogen) atoms. The number of ether oxygens (including phenoxy) is 2. The van der Waals surface area contributed by atoms with Crippen LogP contribution in [-0.2, 0) is 32.0 Å². The lowest BCUT2D eigenvalue weighted by molar-refractivity contribution is -0.154. The standard InChI is InChI=1S/C18H22N2O5/c1-11-7-6-8-12-13(9-14(21)25-18(2,3)4)19-20(10-15(22)24-5)17(23)16(11)12/h6-8H,9-10H2,1-5H3.